The van der Waals surface area contributed by atoms with Crippen LogP contribution in [0.25, 0.3) is 0 Å². The number of amides is 1. The van der Waals surface area contributed by atoms with Crippen molar-refractivity contribution in [3.63, 3.8) is 0 Å². The van der Waals surface area contributed by atoms with Crippen LogP contribution in [0.1, 0.15) is 60.1 Å². The highest BCUT2D eigenvalue weighted by Gasteiger charge is 2.25. The summed E-state index contributed by atoms with van der Waals surface area (Å²) in [6.07, 6.45) is 6.79. The predicted octanol–water partition coefficient (Wildman–Crippen LogP) is 4.36. The van der Waals surface area contributed by atoms with Crippen LogP contribution in [-0.4, -0.2) is 28.1 Å². The highest BCUT2D eigenvalue weighted by molar-refractivity contribution is 9.10. The van der Waals surface area contributed by atoms with E-state index in [0.29, 0.717) is 5.56 Å². The fourth-order valence-electron chi connectivity index (χ4n) is 3.43. The van der Waals surface area contributed by atoms with Crippen LogP contribution in [-0.2, 0) is 0 Å². The third-order valence-corrected chi connectivity index (χ3v) is 5.58. The molecule has 0 unspecified atom stereocenters. The van der Waals surface area contributed by atoms with Crippen LogP contribution in [0, 0.1) is 6.92 Å². The summed E-state index contributed by atoms with van der Waals surface area (Å²) in [5, 5.41) is 16.6. The Bertz CT molecular complexity index is 812. The van der Waals surface area contributed by atoms with Gasteiger partial charge in [-0.25, -0.2) is 0 Å². The summed E-state index contributed by atoms with van der Waals surface area (Å²) in [7, 11) is 0. The van der Waals surface area contributed by atoms with Gasteiger partial charge in [-0.05, 0) is 71.9 Å². The smallest absolute Gasteiger partial charge is 0.251 e. The second-order valence-electron chi connectivity index (χ2n) is 7.26. The van der Waals surface area contributed by atoms with Gasteiger partial charge >= 0.3 is 0 Å². The van der Waals surface area contributed by atoms with E-state index < -0.39 is 6.10 Å². The van der Waals surface area contributed by atoms with E-state index in [9.17, 15) is 9.90 Å². The number of carbonyl (C=O) groups is 1. The summed E-state index contributed by atoms with van der Waals surface area (Å²) in [6, 6.07) is 7.57. The lowest BCUT2D eigenvalue weighted by Gasteiger charge is -2.28. The van der Waals surface area contributed by atoms with Crippen molar-refractivity contribution in [1.82, 2.24) is 10.3 Å². The molecule has 0 saturated heterocycles. The molecule has 3 atom stereocenters. The molecule has 0 radical (unpaired) electrons. The maximum Gasteiger partial charge on any atom is 0.251 e. The molecule has 1 aromatic carbocycles. The van der Waals surface area contributed by atoms with Crippen molar-refractivity contribution in [3.05, 3.63) is 57.8 Å². The number of anilines is 1. The highest BCUT2D eigenvalue weighted by atomic mass is 79.9. The number of hydrogen-bond acceptors (Lipinski definition) is 4. The van der Waals surface area contributed by atoms with E-state index in [-0.39, 0.29) is 18.0 Å². The second-order valence-corrected chi connectivity index (χ2v) is 8.18. The molecule has 27 heavy (non-hydrogen) atoms. The summed E-state index contributed by atoms with van der Waals surface area (Å²) in [5.41, 5.74) is 3.64. The van der Waals surface area contributed by atoms with Gasteiger partial charge in [-0.2, -0.15) is 0 Å². The molecule has 3 rings (SSSR count). The summed E-state index contributed by atoms with van der Waals surface area (Å²) < 4.78 is 0.935. The first-order chi connectivity index (χ1) is 12.9. The Morgan fingerprint density at radius 2 is 2.04 bits per heavy atom. The van der Waals surface area contributed by atoms with Crippen LogP contribution in [0.4, 0.5) is 5.69 Å². The van der Waals surface area contributed by atoms with Crippen molar-refractivity contribution < 1.29 is 9.90 Å². The monoisotopic (exact) mass is 431 g/mol. The van der Waals surface area contributed by atoms with Crippen molar-refractivity contribution >= 4 is 27.5 Å². The minimum absolute atomic E-state index is 0.0483. The summed E-state index contributed by atoms with van der Waals surface area (Å²) in [6.45, 7) is 4.08. The van der Waals surface area contributed by atoms with E-state index in [1.165, 1.54) is 0 Å². The third kappa shape index (κ3) is 5.08. The number of rotatable bonds is 5. The first-order valence-corrected chi connectivity index (χ1v) is 10.2. The van der Waals surface area contributed by atoms with Gasteiger partial charge in [-0.1, -0.05) is 18.9 Å². The normalized spacial score (nSPS) is 20.7. The molecule has 0 spiro atoms. The number of benzene rings is 1. The zero-order valence-corrected chi connectivity index (χ0v) is 17.3. The van der Waals surface area contributed by atoms with Gasteiger partial charge in [0.15, 0.2) is 0 Å². The first-order valence-electron chi connectivity index (χ1n) is 9.40. The molecule has 1 saturated carbocycles. The minimum atomic E-state index is -0.449. The van der Waals surface area contributed by atoms with E-state index in [2.05, 4.69) is 38.5 Å². The maximum atomic E-state index is 12.7. The standard InChI is InChI=1S/C21H26BrN3O2/c1-13-7-8-15(21(27)25-18-5-3-4-6-20(18)26)10-19(13)24-14(2)16-9-17(22)12-23-11-16/h7-12,14,18,20,24,26H,3-6H2,1-2H3,(H,25,27)/t14-,18-,20-/m0/s1. The van der Waals surface area contributed by atoms with Gasteiger partial charge in [0, 0.05) is 28.1 Å². The van der Waals surface area contributed by atoms with Crippen molar-refractivity contribution in [3.8, 4) is 0 Å². The van der Waals surface area contributed by atoms with Gasteiger partial charge in [0.25, 0.3) is 5.91 Å². The van der Waals surface area contributed by atoms with Crippen molar-refractivity contribution in [2.24, 2.45) is 0 Å². The summed E-state index contributed by atoms with van der Waals surface area (Å²) >= 11 is 3.45. The molecule has 3 N–H and O–H groups in total. The molecule has 1 aromatic heterocycles. The Labute approximate surface area is 168 Å². The van der Waals surface area contributed by atoms with Crippen LogP contribution in [0.2, 0.25) is 0 Å². The quantitative estimate of drug-likeness (QED) is 0.657. The van der Waals surface area contributed by atoms with E-state index >= 15 is 0 Å². The largest absolute Gasteiger partial charge is 0.391 e. The topological polar surface area (TPSA) is 74.2 Å². The maximum absolute atomic E-state index is 12.7. The molecule has 5 nitrogen and oxygen atoms in total. The SMILES string of the molecule is Cc1ccc(C(=O)N[C@H]2CCCC[C@@H]2O)cc1N[C@@H](C)c1cncc(Br)c1. The van der Waals surface area contributed by atoms with Gasteiger partial charge in [0.2, 0.25) is 0 Å². The number of aliphatic hydroxyl groups excluding tert-OH is 1. The molecule has 6 heteroatoms. The summed E-state index contributed by atoms with van der Waals surface area (Å²) in [4.78, 5) is 16.9. The molecule has 144 valence electrons. The van der Waals surface area contributed by atoms with Crippen molar-refractivity contribution in [2.75, 3.05) is 5.32 Å². The number of aryl methyl sites for hydroxylation is 1. The molecule has 1 aliphatic carbocycles. The number of halogens is 1. The Hall–Kier alpha value is -1.92. The van der Waals surface area contributed by atoms with E-state index in [1.807, 2.05) is 37.4 Å². The number of nitrogens with zero attached hydrogens (tertiary/aromatic N) is 1. The number of nitrogens with one attached hydrogen (secondary N) is 2. The predicted molar refractivity (Wildman–Crippen MR) is 111 cm³/mol. The third-order valence-electron chi connectivity index (χ3n) is 5.14. The highest BCUT2D eigenvalue weighted by Crippen LogP contribution is 2.25. The number of hydrogen-bond donors (Lipinski definition) is 3. The Balaban J connectivity index is 1.72. The van der Waals surface area contributed by atoms with Crippen LogP contribution in [0.5, 0.6) is 0 Å². The molecule has 1 fully saturated rings. The number of carbonyl (C=O) groups excluding carboxylic acids is 1. The molecule has 1 amide bonds. The number of aliphatic hydroxyl groups is 1. The summed E-state index contributed by atoms with van der Waals surface area (Å²) in [5.74, 6) is -0.138. The van der Waals surface area contributed by atoms with E-state index in [4.69, 9.17) is 0 Å². The fraction of sp³-hybridized carbons (Fsp3) is 0.429. The van der Waals surface area contributed by atoms with Gasteiger partial charge in [0.05, 0.1) is 18.2 Å². The van der Waals surface area contributed by atoms with Gasteiger partial charge in [-0.15, -0.1) is 0 Å². The fourth-order valence-corrected chi connectivity index (χ4v) is 3.81. The lowest BCUT2D eigenvalue weighted by Crippen LogP contribution is -2.45. The molecular weight excluding hydrogens is 406 g/mol. The van der Waals surface area contributed by atoms with Crippen LogP contribution < -0.4 is 10.6 Å². The Kier molecular flexibility index (Phi) is 6.50. The van der Waals surface area contributed by atoms with Gasteiger partial charge < -0.3 is 15.7 Å². The molecular formula is C21H26BrN3O2. The molecule has 2 aromatic rings. The van der Waals surface area contributed by atoms with Crippen LogP contribution in [0.15, 0.2) is 41.1 Å². The van der Waals surface area contributed by atoms with E-state index in [1.54, 1.807) is 6.20 Å². The average molecular weight is 432 g/mol. The Morgan fingerprint density at radius 1 is 1.26 bits per heavy atom. The minimum Gasteiger partial charge on any atom is -0.391 e. The number of aromatic nitrogens is 1. The van der Waals surface area contributed by atoms with Crippen LogP contribution in [0.3, 0.4) is 0 Å². The Morgan fingerprint density at radius 3 is 2.78 bits per heavy atom. The lowest BCUT2D eigenvalue weighted by molar-refractivity contribution is 0.0717. The van der Waals surface area contributed by atoms with Crippen molar-refractivity contribution in [2.45, 2.75) is 57.7 Å². The van der Waals surface area contributed by atoms with Crippen LogP contribution >= 0.6 is 15.9 Å². The van der Waals surface area contributed by atoms with E-state index in [0.717, 1.165) is 47.0 Å². The molecule has 0 aliphatic heterocycles. The molecule has 0 bridgehead atoms. The second kappa shape index (κ2) is 8.85. The zero-order valence-electron chi connectivity index (χ0n) is 15.7. The lowest BCUT2D eigenvalue weighted by atomic mass is 9.92. The average Bonchev–Trinajstić information content (AvgIpc) is 2.65. The number of pyridine rings is 1. The molecule has 1 heterocycles. The molecule has 1 aliphatic rings. The van der Waals surface area contributed by atoms with Crippen molar-refractivity contribution in [1.29, 1.82) is 0 Å². The zero-order chi connectivity index (χ0) is 19.4. The van der Waals surface area contributed by atoms with Gasteiger partial charge in [-0.3, -0.25) is 9.78 Å². The van der Waals surface area contributed by atoms with Gasteiger partial charge in [0.1, 0.15) is 0 Å². The first kappa shape index (κ1) is 19.8.